The van der Waals surface area contributed by atoms with Crippen LogP contribution in [0.2, 0.25) is 0 Å². The van der Waals surface area contributed by atoms with E-state index in [0.717, 1.165) is 5.56 Å². The molecule has 1 aromatic carbocycles. The number of nitrogens with two attached hydrogens (primary N) is 1. The van der Waals surface area contributed by atoms with Crippen molar-refractivity contribution in [2.24, 2.45) is 5.73 Å². The van der Waals surface area contributed by atoms with Gasteiger partial charge >= 0.3 is 0 Å². The molecule has 1 aromatic heterocycles. The van der Waals surface area contributed by atoms with Crippen molar-refractivity contribution in [1.82, 2.24) is 14.3 Å². The van der Waals surface area contributed by atoms with Gasteiger partial charge in [-0.05, 0) is 17.7 Å². The molecule has 0 radical (unpaired) electrons. The summed E-state index contributed by atoms with van der Waals surface area (Å²) in [6.07, 6.45) is 2.56. The van der Waals surface area contributed by atoms with Gasteiger partial charge in [0.2, 0.25) is 5.91 Å². The number of hydrogen-bond acceptors (Lipinski definition) is 4. The molecule has 0 bridgehead atoms. The molecule has 20 heavy (non-hydrogen) atoms. The summed E-state index contributed by atoms with van der Waals surface area (Å²) in [4.78, 5) is 17.2. The van der Waals surface area contributed by atoms with Gasteiger partial charge in [0.05, 0.1) is 12.5 Å². The van der Waals surface area contributed by atoms with E-state index in [1.807, 2.05) is 0 Å². The minimum absolute atomic E-state index is 0.0359. The SMILES string of the molecule is CN(Cc1ccc(C(N)=O)cc1)S(=O)(=O)c1cnc[nH]1. The standard InChI is InChI=1S/C12H14N4O3S/c1-16(20(18,19)11-6-14-8-15-11)7-9-2-4-10(5-3-9)12(13)17/h2-6,8H,7H2,1H3,(H2,13,17)(H,14,15). The van der Waals surface area contributed by atoms with Crippen molar-refractivity contribution in [2.75, 3.05) is 7.05 Å². The van der Waals surface area contributed by atoms with E-state index in [4.69, 9.17) is 5.73 Å². The first-order chi connectivity index (χ1) is 9.41. The Kier molecular flexibility index (Phi) is 3.86. The van der Waals surface area contributed by atoms with Crippen LogP contribution in [-0.4, -0.2) is 35.6 Å². The molecule has 0 fully saturated rings. The third kappa shape index (κ3) is 2.86. The van der Waals surface area contributed by atoms with Gasteiger partial charge in [-0.2, -0.15) is 4.31 Å². The molecule has 0 aliphatic rings. The van der Waals surface area contributed by atoms with Gasteiger partial charge in [0, 0.05) is 19.2 Å². The fourth-order valence-electron chi connectivity index (χ4n) is 1.67. The number of hydrogen-bond donors (Lipinski definition) is 2. The number of aromatic nitrogens is 2. The first-order valence-electron chi connectivity index (χ1n) is 5.74. The second kappa shape index (κ2) is 5.43. The summed E-state index contributed by atoms with van der Waals surface area (Å²) in [6, 6.07) is 6.46. The summed E-state index contributed by atoms with van der Waals surface area (Å²) < 4.78 is 25.5. The van der Waals surface area contributed by atoms with Crippen LogP contribution in [0.3, 0.4) is 0 Å². The number of nitrogens with zero attached hydrogens (tertiary/aromatic N) is 2. The zero-order chi connectivity index (χ0) is 14.8. The fraction of sp³-hybridized carbons (Fsp3) is 0.167. The lowest BCUT2D eigenvalue weighted by Crippen LogP contribution is -2.26. The van der Waals surface area contributed by atoms with E-state index in [2.05, 4.69) is 9.97 Å². The van der Waals surface area contributed by atoms with E-state index in [9.17, 15) is 13.2 Å². The van der Waals surface area contributed by atoms with E-state index >= 15 is 0 Å². The van der Waals surface area contributed by atoms with Gasteiger partial charge in [-0.25, -0.2) is 13.4 Å². The van der Waals surface area contributed by atoms with E-state index in [1.54, 1.807) is 24.3 Å². The number of sulfonamides is 1. The van der Waals surface area contributed by atoms with Gasteiger partial charge < -0.3 is 10.7 Å². The Morgan fingerprint density at radius 3 is 2.50 bits per heavy atom. The molecule has 0 aliphatic heterocycles. The summed E-state index contributed by atoms with van der Waals surface area (Å²) >= 11 is 0. The van der Waals surface area contributed by atoms with Crippen LogP contribution in [0, 0.1) is 0 Å². The molecule has 0 spiro atoms. The third-order valence-corrected chi connectivity index (χ3v) is 4.53. The van der Waals surface area contributed by atoms with E-state index in [0.29, 0.717) is 5.56 Å². The first-order valence-corrected chi connectivity index (χ1v) is 7.19. The van der Waals surface area contributed by atoms with Gasteiger partial charge in [0.15, 0.2) is 5.03 Å². The van der Waals surface area contributed by atoms with Crippen molar-refractivity contribution in [1.29, 1.82) is 0 Å². The van der Waals surface area contributed by atoms with E-state index in [1.165, 1.54) is 23.9 Å². The summed E-state index contributed by atoms with van der Waals surface area (Å²) in [5, 5.41) is 0.0359. The van der Waals surface area contributed by atoms with Gasteiger partial charge in [0.1, 0.15) is 0 Å². The van der Waals surface area contributed by atoms with Crippen LogP contribution in [0.15, 0.2) is 41.8 Å². The molecule has 0 aliphatic carbocycles. The number of amides is 1. The smallest absolute Gasteiger partial charge is 0.260 e. The summed E-state index contributed by atoms with van der Waals surface area (Å²) in [6.45, 7) is 0.181. The zero-order valence-electron chi connectivity index (χ0n) is 10.8. The first kappa shape index (κ1) is 14.2. The maximum atomic E-state index is 12.2. The molecular weight excluding hydrogens is 280 g/mol. The van der Waals surface area contributed by atoms with Crippen LogP contribution in [0.1, 0.15) is 15.9 Å². The Hall–Kier alpha value is -2.19. The molecule has 0 unspecified atom stereocenters. The molecule has 1 heterocycles. The Bertz CT molecular complexity index is 693. The van der Waals surface area contributed by atoms with Crippen molar-refractivity contribution in [2.45, 2.75) is 11.6 Å². The number of aromatic amines is 1. The highest BCUT2D eigenvalue weighted by Gasteiger charge is 2.22. The highest BCUT2D eigenvalue weighted by Crippen LogP contribution is 2.14. The molecule has 0 atom stereocenters. The summed E-state index contributed by atoms with van der Waals surface area (Å²) in [5.41, 5.74) is 6.27. The number of rotatable bonds is 5. The molecule has 8 heteroatoms. The maximum Gasteiger partial charge on any atom is 0.260 e. The predicted octanol–water partition coefficient (Wildman–Crippen LogP) is 0.329. The number of H-pyrrole nitrogens is 1. The van der Waals surface area contributed by atoms with Gasteiger partial charge in [-0.3, -0.25) is 4.79 Å². The topological polar surface area (TPSA) is 109 Å². The molecule has 1 amide bonds. The summed E-state index contributed by atoms with van der Waals surface area (Å²) in [5.74, 6) is -0.519. The largest absolute Gasteiger partial charge is 0.366 e. The Morgan fingerprint density at radius 2 is 2.00 bits per heavy atom. The number of carbonyl (C=O) groups is 1. The number of carbonyl (C=O) groups excluding carboxylic acids is 1. The van der Waals surface area contributed by atoms with Crippen molar-refractivity contribution in [3.63, 3.8) is 0 Å². The average Bonchev–Trinajstić information content (AvgIpc) is 2.93. The Labute approximate surface area is 116 Å². The lowest BCUT2D eigenvalue weighted by Gasteiger charge is -2.16. The van der Waals surface area contributed by atoms with Crippen LogP contribution < -0.4 is 5.73 Å². The zero-order valence-corrected chi connectivity index (χ0v) is 11.6. The van der Waals surface area contributed by atoms with Crippen LogP contribution in [0.25, 0.3) is 0 Å². The van der Waals surface area contributed by atoms with E-state index < -0.39 is 15.9 Å². The third-order valence-electron chi connectivity index (χ3n) is 2.81. The fourth-order valence-corrected chi connectivity index (χ4v) is 2.72. The lowest BCUT2D eigenvalue weighted by atomic mass is 10.1. The van der Waals surface area contributed by atoms with Crippen molar-refractivity contribution in [3.05, 3.63) is 47.9 Å². The Balaban J connectivity index is 2.16. The highest BCUT2D eigenvalue weighted by atomic mass is 32.2. The molecule has 0 saturated carbocycles. The second-order valence-corrected chi connectivity index (χ2v) is 6.25. The highest BCUT2D eigenvalue weighted by molar-refractivity contribution is 7.89. The summed E-state index contributed by atoms with van der Waals surface area (Å²) in [7, 11) is -2.13. The number of imidazole rings is 1. The second-order valence-electron chi connectivity index (χ2n) is 4.24. The van der Waals surface area contributed by atoms with Crippen LogP contribution in [0.5, 0.6) is 0 Å². The normalized spacial score (nSPS) is 11.7. The lowest BCUT2D eigenvalue weighted by molar-refractivity contribution is 0.100. The average molecular weight is 294 g/mol. The molecular formula is C12H14N4O3S. The molecule has 106 valence electrons. The predicted molar refractivity (Wildman–Crippen MR) is 72.2 cm³/mol. The van der Waals surface area contributed by atoms with Crippen molar-refractivity contribution in [3.8, 4) is 0 Å². The van der Waals surface area contributed by atoms with Crippen molar-refractivity contribution >= 4 is 15.9 Å². The molecule has 7 nitrogen and oxygen atoms in total. The minimum Gasteiger partial charge on any atom is -0.366 e. The monoisotopic (exact) mass is 294 g/mol. The van der Waals surface area contributed by atoms with Gasteiger partial charge in [-0.15, -0.1) is 0 Å². The number of nitrogens with one attached hydrogen (secondary N) is 1. The van der Waals surface area contributed by atoms with Crippen LogP contribution in [-0.2, 0) is 16.6 Å². The van der Waals surface area contributed by atoms with Gasteiger partial charge in [0.25, 0.3) is 10.0 Å². The number of benzene rings is 1. The van der Waals surface area contributed by atoms with Crippen LogP contribution in [0.4, 0.5) is 0 Å². The van der Waals surface area contributed by atoms with E-state index in [-0.39, 0.29) is 11.6 Å². The quantitative estimate of drug-likeness (QED) is 0.828. The van der Waals surface area contributed by atoms with Gasteiger partial charge in [-0.1, -0.05) is 12.1 Å². The van der Waals surface area contributed by atoms with Crippen LogP contribution >= 0.6 is 0 Å². The van der Waals surface area contributed by atoms with Crippen molar-refractivity contribution < 1.29 is 13.2 Å². The minimum atomic E-state index is -3.60. The molecule has 2 aromatic rings. The maximum absolute atomic E-state index is 12.2. The molecule has 0 saturated heterocycles. The number of primary amides is 1. The molecule has 3 N–H and O–H groups in total. The molecule has 2 rings (SSSR count). The Morgan fingerprint density at radius 1 is 1.35 bits per heavy atom.